The lowest BCUT2D eigenvalue weighted by Crippen LogP contribution is -2.15. The highest BCUT2D eigenvalue weighted by molar-refractivity contribution is 5.84. The van der Waals surface area contributed by atoms with E-state index in [0.29, 0.717) is 24.7 Å². The second kappa shape index (κ2) is 5.40. The number of fused-ring (bicyclic) bond motifs is 1. The molecule has 1 atom stereocenters. The van der Waals surface area contributed by atoms with Gasteiger partial charge < -0.3 is 24.3 Å². The topological polar surface area (TPSA) is 80.9 Å². The average molecular weight is 289 g/mol. The maximum absolute atomic E-state index is 10.8. The first-order valence-electron chi connectivity index (χ1n) is 6.62. The molecule has 21 heavy (non-hydrogen) atoms. The average Bonchev–Trinajstić information content (AvgIpc) is 2.97. The molecule has 0 aliphatic carbocycles. The van der Waals surface area contributed by atoms with E-state index in [1.807, 2.05) is 25.1 Å². The minimum absolute atomic E-state index is 0.0687. The van der Waals surface area contributed by atoms with Gasteiger partial charge in [0.2, 0.25) is 5.76 Å². The van der Waals surface area contributed by atoms with Gasteiger partial charge in [0.15, 0.2) is 11.5 Å². The van der Waals surface area contributed by atoms with Crippen molar-refractivity contribution in [1.82, 2.24) is 0 Å². The number of carboxylic acids is 1. The Kier molecular flexibility index (Phi) is 3.43. The van der Waals surface area contributed by atoms with Gasteiger partial charge in [-0.1, -0.05) is 0 Å². The molecule has 1 aromatic heterocycles. The van der Waals surface area contributed by atoms with Crippen LogP contribution in [0.5, 0.6) is 11.5 Å². The number of ether oxygens (including phenoxy) is 2. The number of anilines is 1. The third-order valence-corrected chi connectivity index (χ3v) is 3.19. The Morgan fingerprint density at radius 2 is 1.95 bits per heavy atom. The van der Waals surface area contributed by atoms with Gasteiger partial charge in [0, 0.05) is 11.8 Å². The standard InChI is InChI=1S/C15H15NO5/c1-9(11-4-5-13(21-11)15(17)18)16-10-2-3-12-14(8-10)20-7-6-19-12/h2-5,8-9,16H,6-7H2,1H3,(H,17,18). The largest absolute Gasteiger partial charge is 0.486 e. The first-order chi connectivity index (χ1) is 10.1. The Balaban J connectivity index is 1.74. The van der Waals surface area contributed by atoms with Gasteiger partial charge in [-0.25, -0.2) is 4.79 Å². The molecule has 0 amide bonds. The molecule has 1 aromatic carbocycles. The van der Waals surface area contributed by atoms with E-state index in [-0.39, 0.29) is 11.8 Å². The van der Waals surface area contributed by atoms with E-state index in [0.717, 1.165) is 11.4 Å². The molecule has 0 spiro atoms. The maximum Gasteiger partial charge on any atom is 0.371 e. The van der Waals surface area contributed by atoms with Crippen molar-refractivity contribution in [3.05, 3.63) is 41.9 Å². The van der Waals surface area contributed by atoms with Crippen molar-refractivity contribution in [2.45, 2.75) is 13.0 Å². The third kappa shape index (κ3) is 2.79. The highest BCUT2D eigenvalue weighted by Gasteiger charge is 2.16. The van der Waals surface area contributed by atoms with Crippen LogP contribution in [0.4, 0.5) is 5.69 Å². The minimum Gasteiger partial charge on any atom is -0.486 e. The second-order valence-corrected chi connectivity index (χ2v) is 4.73. The molecule has 0 radical (unpaired) electrons. The number of rotatable bonds is 4. The lowest BCUT2D eigenvalue weighted by atomic mass is 10.2. The summed E-state index contributed by atoms with van der Waals surface area (Å²) in [7, 11) is 0. The number of carboxylic acid groups (broad SMARTS) is 1. The molecule has 1 unspecified atom stereocenters. The summed E-state index contributed by atoms with van der Waals surface area (Å²) in [6.07, 6.45) is 0. The molecule has 0 saturated heterocycles. The number of benzene rings is 1. The van der Waals surface area contributed by atoms with E-state index in [1.54, 1.807) is 6.07 Å². The SMILES string of the molecule is CC(Nc1ccc2c(c1)OCCO2)c1ccc(C(=O)O)o1. The monoisotopic (exact) mass is 289 g/mol. The summed E-state index contributed by atoms with van der Waals surface area (Å²) < 4.78 is 16.3. The fourth-order valence-electron chi connectivity index (χ4n) is 2.15. The zero-order valence-electron chi connectivity index (χ0n) is 11.5. The molecule has 2 N–H and O–H groups in total. The van der Waals surface area contributed by atoms with Crippen molar-refractivity contribution in [2.24, 2.45) is 0 Å². The highest BCUT2D eigenvalue weighted by atomic mass is 16.6. The van der Waals surface area contributed by atoms with Crippen molar-refractivity contribution < 1.29 is 23.8 Å². The predicted molar refractivity (Wildman–Crippen MR) is 75.1 cm³/mol. The molecule has 0 saturated carbocycles. The van der Waals surface area contributed by atoms with Crippen LogP contribution in [0.3, 0.4) is 0 Å². The molecule has 2 heterocycles. The van der Waals surface area contributed by atoms with Crippen LogP contribution in [0, 0.1) is 0 Å². The Morgan fingerprint density at radius 1 is 1.19 bits per heavy atom. The second-order valence-electron chi connectivity index (χ2n) is 4.73. The highest BCUT2D eigenvalue weighted by Crippen LogP contribution is 2.33. The van der Waals surface area contributed by atoms with Gasteiger partial charge >= 0.3 is 5.97 Å². The van der Waals surface area contributed by atoms with Crippen LogP contribution < -0.4 is 14.8 Å². The Labute approximate surface area is 121 Å². The van der Waals surface area contributed by atoms with Crippen molar-refractivity contribution in [1.29, 1.82) is 0 Å². The Morgan fingerprint density at radius 3 is 2.67 bits per heavy atom. The van der Waals surface area contributed by atoms with Gasteiger partial charge in [-0.2, -0.15) is 0 Å². The van der Waals surface area contributed by atoms with Crippen molar-refractivity contribution in [3.63, 3.8) is 0 Å². The number of aromatic carboxylic acids is 1. The number of hydrogen-bond donors (Lipinski definition) is 2. The van der Waals surface area contributed by atoms with E-state index >= 15 is 0 Å². The number of furan rings is 1. The van der Waals surface area contributed by atoms with Gasteiger partial charge in [-0.05, 0) is 31.2 Å². The lowest BCUT2D eigenvalue weighted by molar-refractivity contribution is 0.0660. The zero-order chi connectivity index (χ0) is 14.8. The van der Waals surface area contributed by atoms with E-state index < -0.39 is 5.97 Å². The van der Waals surface area contributed by atoms with E-state index in [1.165, 1.54) is 6.07 Å². The summed E-state index contributed by atoms with van der Waals surface area (Å²) >= 11 is 0. The van der Waals surface area contributed by atoms with Crippen LogP contribution in [0.2, 0.25) is 0 Å². The molecule has 110 valence electrons. The molecule has 0 bridgehead atoms. The number of hydrogen-bond acceptors (Lipinski definition) is 5. The lowest BCUT2D eigenvalue weighted by Gasteiger charge is -2.20. The van der Waals surface area contributed by atoms with Crippen LogP contribution in [-0.4, -0.2) is 24.3 Å². The van der Waals surface area contributed by atoms with Crippen molar-refractivity contribution in [2.75, 3.05) is 18.5 Å². The molecule has 1 aliphatic rings. The molecule has 3 rings (SSSR count). The van der Waals surface area contributed by atoms with Crippen LogP contribution in [0.15, 0.2) is 34.7 Å². The van der Waals surface area contributed by atoms with Crippen LogP contribution in [-0.2, 0) is 0 Å². The molecular formula is C15H15NO5. The fraction of sp³-hybridized carbons (Fsp3) is 0.267. The quantitative estimate of drug-likeness (QED) is 0.900. The Bertz CT molecular complexity index is 664. The van der Waals surface area contributed by atoms with Crippen molar-refractivity contribution >= 4 is 11.7 Å². The maximum atomic E-state index is 10.8. The van der Waals surface area contributed by atoms with E-state index in [2.05, 4.69) is 5.32 Å². The van der Waals surface area contributed by atoms with Gasteiger partial charge in [-0.15, -0.1) is 0 Å². The first-order valence-corrected chi connectivity index (χ1v) is 6.62. The number of carbonyl (C=O) groups is 1. The summed E-state index contributed by atoms with van der Waals surface area (Å²) in [6.45, 7) is 2.98. The van der Waals surface area contributed by atoms with Crippen LogP contribution in [0.1, 0.15) is 29.3 Å². The molecule has 0 fully saturated rings. The smallest absolute Gasteiger partial charge is 0.371 e. The zero-order valence-corrected chi connectivity index (χ0v) is 11.5. The van der Waals surface area contributed by atoms with E-state index in [4.69, 9.17) is 19.0 Å². The molecular weight excluding hydrogens is 274 g/mol. The summed E-state index contributed by atoms with van der Waals surface area (Å²) in [5.74, 6) is 0.839. The van der Waals surface area contributed by atoms with Gasteiger partial charge in [0.05, 0.1) is 6.04 Å². The summed E-state index contributed by atoms with van der Waals surface area (Å²) in [4.78, 5) is 10.8. The predicted octanol–water partition coefficient (Wildman–Crippen LogP) is 2.92. The molecule has 2 aromatic rings. The van der Waals surface area contributed by atoms with Gasteiger partial charge in [-0.3, -0.25) is 0 Å². The van der Waals surface area contributed by atoms with Crippen molar-refractivity contribution in [3.8, 4) is 11.5 Å². The Hall–Kier alpha value is -2.63. The fourth-order valence-corrected chi connectivity index (χ4v) is 2.15. The summed E-state index contributed by atoms with van der Waals surface area (Å²) in [5.41, 5.74) is 0.847. The molecule has 6 heteroatoms. The molecule has 6 nitrogen and oxygen atoms in total. The summed E-state index contributed by atoms with van der Waals surface area (Å²) in [5, 5.41) is 12.1. The van der Waals surface area contributed by atoms with Crippen LogP contribution >= 0.6 is 0 Å². The van der Waals surface area contributed by atoms with E-state index in [9.17, 15) is 4.79 Å². The summed E-state index contributed by atoms with van der Waals surface area (Å²) in [6, 6.07) is 8.50. The number of nitrogens with one attached hydrogen (secondary N) is 1. The third-order valence-electron chi connectivity index (χ3n) is 3.19. The first kappa shape index (κ1) is 13.4. The van der Waals surface area contributed by atoms with Gasteiger partial charge in [0.25, 0.3) is 0 Å². The molecule has 1 aliphatic heterocycles. The van der Waals surface area contributed by atoms with Crippen LogP contribution in [0.25, 0.3) is 0 Å². The van der Waals surface area contributed by atoms with Gasteiger partial charge in [0.1, 0.15) is 19.0 Å². The normalized spacial score (nSPS) is 14.5. The minimum atomic E-state index is -1.08.